The van der Waals surface area contributed by atoms with Gasteiger partial charge in [0, 0.05) is 0 Å². The quantitative estimate of drug-likeness (QED) is 0.130. The van der Waals surface area contributed by atoms with Crippen molar-refractivity contribution in [1.29, 1.82) is 0 Å². The van der Waals surface area contributed by atoms with Crippen LogP contribution in [0, 0.1) is 0 Å². The van der Waals surface area contributed by atoms with Gasteiger partial charge in [0.05, 0.1) is 0 Å². The van der Waals surface area contributed by atoms with Crippen LogP contribution in [0.3, 0.4) is 0 Å². The summed E-state index contributed by atoms with van der Waals surface area (Å²) >= 11 is 0. The summed E-state index contributed by atoms with van der Waals surface area (Å²) in [7, 11) is -3.28. The minimum absolute atomic E-state index is 0.0713. The molecule has 0 saturated heterocycles. The van der Waals surface area contributed by atoms with Gasteiger partial charge in [-0.05, 0) is 30.6 Å². The fourth-order valence-corrected chi connectivity index (χ4v) is 2.82. The van der Waals surface area contributed by atoms with E-state index in [2.05, 4.69) is 0 Å². The molecule has 0 aliphatic carbocycles. The van der Waals surface area contributed by atoms with Crippen molar-refractivity contribution < 1.29 is 57.1 Å². The topological polar surface area (TPSA) is 9.23 Å². The second-order valence-electron chi connectivity index (χ2n) is 8.53. The summed E-state index contributed by atoms with van der Waals surface area (Å²) < 4.78 is 165. The van der Waals surface area contributed by atoms with Crippen molar-refractivity contribution in [2.45, 2.75) is 88.5 Å². The number of alkyl halides is 11. The summed E-state index contributed by atoms with van der Waals surface area (Å²) in [6, 6.07) is 0. The first-order valence-electron chi connectivity index (χ1n) is 9.16. The Hall–Kier alpha value is -1.34. The molecule has 0 aromatic rings. The molecule has 0 aliphatic heterocycles. The molecule has 0 N–H and O–H groups in total. The van der Waals surface area contributed by atoms with Gasteiger partial charge in [-0.2, -0.15) is 48.3 Å². The van der Waals surface area contributed by atoms with Crippen molar-refractivity contribution in [1.82, 2.24) is 0 Å². The van der Waals surface area contributed by atoms with Crippen molar-refractivity contribution in [3.05, 3.63) is 23.7 Å². The summed E-state index contributed by atoms with van der Waals surface area (Å²) in [5, 5.41) is -0.845. The van der Waals surface area contributed by atoms with Gasteiger partial charge in [-0.15, -0.1) is 0 Å². The predicted octanol–water partition coefficient (Wildman–Crippen LogP) is 8.65. The van der Waals surface area contributed by atoms with Crippen LogP contribution in [0.5, 0.6) is 0 Å². The van der Waals surface area contributed by atoms with Crippen molar-refractivity contribution in [2.75, 3.05) is 0 Å². The van der Waals surface area contributed by atoms with E-state index in [1.807, 2.05) is 0 Å². The maximum Gasteiger partial charge on any atom is 0.460 e. The van der Waals surface area contributed by atoms with E-state index in [9.17, 15) is 52.7 Å². The fourth-order valence-electron chi connectivity index (χ4n) is 1.80. The summed E-state index contributed by atoms with van der Waals surface area (Å²) in [6.07, 6.45) is -5.49. The third kappa shape index (κ3) is 5.41. The molecule has 0 bridgehead atoms. The van der Waals surface area contributed by atoms with E-state index < -0.39 is 54.8 Å². The van der Waals surface area contributed by atoms with Gasteiger partial charge >= 0.3 is 29.9 Å². The smallest absolute Gasteiger partial charge is 0.460 e. The zero-order valence-corrected chi connectivity index (χ0v) is 19.0. The molecule has 0 fully saturated rings. The second kappa shape index (κ2) is 9.13. The van der Waals surface area contributed by atoms with Crippen LogP contribution in [0.4, 0.5) is 52.7 Å². The molecule has 0 aromatic heterocycles. The first-order valence-corrected chi connectivity index (χ1v) is 12.1. The van der Waals surface area contributed by atoms with Crippen LogP contribution in [0.1, 0.15) is 40.5 Å². The van der Waals surface area contributed by atoms with E-state index in [1.165, 1.54) is 33.9 Å². The third-order valence-corrected chi connectivity index (χ3v) is 9.27. The van der Waals surface area contributed by atoms with Crippen LogP contribution < -0.4 is 0 Å². The van der Waals surface area contributed by atoms with Crippen molar-refractivity contribution in [3.8, 4) is 0 Å². The number of allylic oxidation sites excluding steroid dienone is 3. The molecular weight excluding hydrogens is 488 g/mol. The maximum absolute atomic E-state index is 14.5. The normalized spacial score (nSPS) is 16.4. The third-order valence-electron chi connectivity index (χ3n) is 4.93. The SMILES string of the molecule is CCC/C=C/C(O[Si](C)(C)C(C)(C)C)=C(/F)C(F)(F)C(F)(F)C(F)(F)C(F)(F)C(F)(F)F. The summed E-state index contributed by atoms with van der Waals surface area (Å²) in [5.41, 5.74) is 0. The highest BCUT2D eigenvalue weighted by molar-refractivity contribution is 6.74. The molecule has 0 atom stereocenters. The lowest BCUT2D eigenvalue weighted by Gasteiger charge is -2.39. The van der Waals surface area contributed by atoms with Gasteiger partial charge in [0.2, 0.25) is 5.83 Å². The van der Waals surface area contributed by atoms with Gasteiger partial charge in [-0.3, -0.25) is 0 Å². The van der Waals surface area contributed by atoms with E-state index in [0.29, 0.717) is 12.5 Å². The second-order valence-corrected chi connectivity index (χ2v) is 13.3. The standard InChI is InChI=1S/C18H24F12OSi/c1-7-8-9-10-11(31-32(5,6)13(2,3)4)12(19)14(20,21)15(22,23)16(24,25)17(26,27)18(28,29)30/h9-10H,7-8H2,1-6H3/b10-9+,12-11-. The molecule has 0 radical (unpaired) electrons. The Balaban J connectivity index is 6.82. The Morgan fingerprint density at radius 2 is 1.22 bits per heavy atom. The number of unbranched alkanes of at least 4 members (excludes halogenated alkanes) is 1. The molecule has 14 heteroatoms. The van der Waals surface area contributed by atoms with Crippen LogP contribution in [0.2, 0.25) is 18.1 Å². The highest BCUT2D eigenvalue weighted by Crippen LogP contribution is 2.59. The molecule has 0 aromatic carbocycles. The number of hydrogen-bond donors (Lipinski definition) is 0. The zero-order valence-electron chi connectivity index (χ0n) is 18.0. The average Bonchev–Trinajstić information content (AvgIpc) is 2.57. The van der Waals surface area contributed by atoms with Crippen LogP contribution in [-0.4, -0.2) is 38.2 Å². The molecule has 0 heterocycles. The summed E-state index contributed by atoms with van der Waals surface area (Å²) in [5.74, 6) is -34.6. The summed E-state index contributed by atoms with van der Waals surface area (Å²) in [6.45, 7) is 8.84. The number of rotatable bonds is 9. The van der Waals surface area contributed by atoms with Crippen LogP contribution in [0.25, 0.3) is 0 Å². The van der Waals surface area contributed by atoms with Gasteiger partial charge in [-0.25, -0.2) is 4.39 Å². The Morgan fingerprint density at radius 1 is 0.781 bits per heavy atom. The molecule has 190 valence electrons. The largest absolute Gasteiger partial charge is 0.542 e. The zero-order chi connectivity index (χ0) is 26.2. The molecule has 1 nitrogen and oxygen atoms in total. The van der Waals surface area contributed by atoms with E-state index in [-0.39, 0.29) is 6.42 Å². The lowest BCUT2D eigenvalue weighted by atomic mass is 9.96. The fraction of sp³-hybridized carbons (Fsp3) is 0.778. The maximum atomic E-state index is 14.5. The van der Waals surface area contributed by atoms with E-state index in [0.717, 1.165) is 6.08 Å². The molecule has 0 aliphatic rings. The first-order chi connectivity index (χ1) is 13.8. The monoisotopic (exact) mass is 512 g/mol. The Labute approximate surface area is 178 Å². The van der Waals surface area contributed by atoms with Crippen molar-refractivity contribution in [2.24, 2.45) is 0 Å². The molecule has 0 rings (SSSR count). The van der Waals surface area contributed by atoms with Crippen LogP contribution in [0.15, 0.2) is 23.7 Å². The predicted molar refractivity (Wildman–Crippen MR) is 96.3 cm³/mol. The first kappa shape index (κ1) is 30.7. The van der Waals surface area contributed by atoms with Crippen molar-refractivity contribution >= 4 is 8.32 Å². The molecule has 0 spiro atoms. The van der Waals surface area contributed by atoms with Gasteiger partial charge in [-0.1, -0.05) is 40.2 Å². The minimum Gasteiger partial charge on any atom is -0.542 e. The van der Waals surface area contributed by atoms with Crippen LogP contribution in [-0.2, 0) is 4.43 Å². The van der Waals surface area contributed by atoms with Crippen LogP contribution >= 0.6 is 0 Å². The Morgan fingerprint density at radius 3 is 1.56 bits per heavy atom. The lowest BCUT2D eigenvalue weighted by Crippen LogP contribution is -2.66. The summed E-state index contributed by atoms with van der Waals surface area (Å²) in [4.78, 5) is 0. The Bertz CT molecular complexity index is 714. The molecule has 0 unspecified atom stereocenters. The van der Waals surface area contributed by atoms with Crippen molar-refractivity contribution in [3.63, 3.8) is 0 Å². The molecular formula is C18H24F12OSi. The van der Waals surface area contributed by atoms with E-state index in [1.54, 1.807) is 6.92 Å². The highest BCUT2D eigenvalue weighted by atomic mass is 28.4. The van der Waals surface area contributed by atoms with E-state index >= 15 is 0 Å². The minimum atomic E-state index is -7.70. The molecule has 0 amide bonds. The molecule has 32 heavy (non-hydrogen) atoms. The van der Waals surface area contributed by atoms with Gasteiger partial charge in [0.1, 0.15) is 5.76 Å². The number of hydrogen-bond acceptors (Lipinski definition) is 1. The lowest BCUT2D eigenvalue weighted by molar-refractivity contribution is -0.419. The van der Waals surface area contributed by atoms with Gasteiger partial charge < -0.3 is 4.43 Å². The average molecular weight is 512 g/mol. The van der Waals surface area contributed by atoms with Gasteiger partial charge in [0.25, 0.3) is 8.32 Å². The highest BCUT2D eigenvalue weighted by Gasteiger charge is 2.88. The number of halogens is 12. The Kier molecular flexibility index (Phi) is 8.74. The van der Waals surface area contributed by atoms with Gasteiger partial charge in [0.15, 0.2) is 0 Å². The molecule has 0 saturated carbocycles. The van der Waals surface area contributed by atoms with E-state index in [4.69, 9.17) is 4.43 Å².